The number of aryl methyl sites for hydroxylation is 2. The van der Waals surface area contributed by atoms with Crippen LogP contribution in [0.1, 0.15) is 29.3 Å². The molecule has 0 N–H and O–H groups in total. The van der Waals surface area contributed by atoms with E-state index in [0.717, 1.165) is 23.7 Å². The Morgan fingerprint density at radius 2 is 1.58 bits per heavy atom. The number of nitrogens with zero attached hydrogens (tertiary/aromatic N) is 4. The molecule has 2 heterocycles. The molecule has 5 aromatic rings. The fraction of sp³-hybridized carbons (Fsp3) is 0.138. The van der Waals surface area contributed by atoms with Crippen molar-refractivity contribution in [2.45, 2.75) is 26.4 Å². The number of hydrogen-bond acceptors (Lipinski definition) is 3. The number of benzene rings is 3. The predicted molar refractivity (Wildman–Crippen MR) is 134 cm³/mol. The molecule has 4 nitrogen and oxygen atoms in total. The highest BCUT2D eigenvalue weighted by molar-refractivity contribution is 6.02. The van der Waals surface area contributed by atoms with Gasteiger partial charge >= 0.3 is 6.18 Å². The summed E-state index contributed by atoms with van der Waals surface area (Å²) in [6, 6.07) is 24.4. The van der Waals surface area contributed by atoms with Crippen LogP contribution in [0.3, 0.4) is 0 Å². The molecule has 0 aliphatic rings. The van der Waals surface area contributed by atoms with Gasteiger partial charge in [0.1, 0.15) is 6.07 Å². The Hall–Kier alpha value is -4.44. The first-order chi connectivity index (χ1) is 17.3. The molecule has 0 atom stereocenters. The monoisotopic (exact) mass is 482 g/mol. The zero-order valence-electron chi connectivity index (χ0n) is 19.6. The number of fused-ring (bicyclic) bond motifs is 1. The number of alkyl halides is 3. The van der Waals surface area contributed by atoms with Crippen LogP contribution in [0.5, 0.6) is 0 Å². The Balaban J connectivity index is 1.95. The molecule has 36 heavy (non-hydrogen) atoms. The number of pyridine rings is 1. The summed E-state index contributed by atoms with van der Waals surface area (Å²) in [6.07, 6.45) is -3.77. The number of nitriles is 1. The summed E-state index contributed by atoms with van der Waals surface area (Å²) in [5.41, 5.74) is 3.04. The Labute approximate surface area is 206 Å². The summed E-state index contributed by atoms with van der Waals surface area (Å²) in [7, 11) is 0. The predicted octanol–water partition coefficient (Wildman–Crippen LogP) is 7.52. The maximum Gasteiger partial charge on any atom is 0.417 e. The lowest BCUT2D eigenvalue weighted by Crippen LogP contribution is -2.08. The molecule has 0 fully saturated rings. The van der Waals surface area contributed by atoms with E-state index in [0.29, 0.717) is 28.0 Å². The Morgan fingerprint density at radius 1 is 0.917 bits per heavy atom. The third-order valence-electron chi connectivity index (χ3n) is 6.24. The van der Waals surface area contributed by atoms with Crippen molar-refractivity contribution < 1.29 is 13.2 Å². The zero-order valence-corrected chi connectivity index (χ0v) is 19.6. The van der Waals surface area contributed by atoms with E-state index >= 15 is 0 Å². The van der Waals surface area contributed by atoms with Crippen LogP contribution in [0.25, 0.3) is 39.1 Å². The van der Waals surface area contributed by atoms with Crippen LogP contribution in [-0.4, -0.2) is 14.8 Å². The van der Waals surface area contributed by atoms with Gasteiger partial charge < -0.3 is 0 Å². The lowest BCUT2D eigenvalue weighted by molar-refractivity contribution is -0.137. The quantitative estimate of drug-likeness (QED) is 0.266. The molecule has 0 bridgehead atoms. The second kappa shape index (κ2) is 8.97. The lowest BCUT2D eigenvalue weighted by atomic mass is 9.90. The van der Waals surface area contributed by atoms with E-state index in [1.807, 2.05) is 61.5 Å². The summed E-state index contributed by atoms with van der Waals surface area (Å²) in [5, 5.41) is 15.3. The number of halogens is 3. The van der Waals surface area contributed by atoms with E-state index in [-0.39, 0.29) is 16.7 Å². The molecule has 0 radical (unpaired) electrons. The van der Waals surface area contributed by atoms with Gasteiger partial charge in [0.15, 0.2) is 5.65 Å². The summed E-state index contributed by atoms with van der Waals surface area (Å²) in [5.74, 6) is 0. The summed E-state index contributed by atoms with van der Waals surface area (Å²) >= 11 is 0. The smallest absolute Gasteiger partial charge is 0.226 e. The van der Waals surface area contributed by atoms with Crippen molar-refractivity contribution >= 4 is 11.0 Å². The van der Waals surface area contributed by atoms with Crippen LogP contribution in [0.2, 0.25) is 0 Å². The van der Waals surface area contributed by atoms with Crippen LogP contribution in [0.4, 0.5) is 13.2 Å². The summed E-state index contributed by atoms with van der Waals surface area (Å²) in [4.78, 5) is 4.84. The third kappa shape index (κ3) is 3.91. The molecule has 178 valence electrons. The van der Waals surface area contributed by atoms with Gasteiger partial charge in [-0.25, -0.2) is 9.67 Å². The minimum atomic E-state index is -4.61. The van der Waals surface area contributed by atoms with E-state index in [1.54, 1.807) is 17.7 Å². The number of aromatic nitrogens is 3. The van der Waals surface area contributed by atoms with E-state index in [2.05, 4.69) is 11.2 Å². The minimum absolute atomic E-state index is 0.0731. The van der Waals surface area contributed by atoms with E-state index < -0.39 is 11.7 Å². The molecule has 3 aromatic carbocycles. The molecule has 0 spiro atoms. The highest BCUT2D eigenvalue weighted by Crippen LogP contribution is 2.44. The molecule has 0 saturated carbocycles. The average Bonchev–Trinajstić information content (AvgIpc) is 3.23. The van der Waals surface area contributed by atoms with E-state index in [4.69, 9.17) is 4.98 Å². The summed E-state index contributed by atoms with van der Waals surface area (Å²) < 4.78 is 44.0. The van der Waals surface area contributed by atoms with Crippen LogP contribution >= 0.6 is 0 Å². The van der Waals surface area contributed by atoms with Crippen molar-refractivity contribution in [2.75, 3.05) is 0 Å². The second-order valence-corrected chi connectivity index (χ2v) is 8.45. The zero-order chi connectivity index (χ0) is 25.4. The van der Waals surface area contributed by atoms with Crippen LogP contribution in [0.15, 0.2) is 78.9 Å². The topological polar surface area (TPSA) is 54.5 Å². The molecular weight excluding hydrogens is 461 g/mol. The maximum atomic E-state index is 14.1. The minimum Gasteiger partial charge on any atom is -0.226 e. The Bertz CT molecular complexity index is 1610. The van der Waals surface area contributed by atoms with Gasteiger partial charge in [-0.15, -0.1) is 0 Å². The molecule has 5 rings (SSSR count). The van der Waals surface area contributed by atoms with Gasteiger partial charge in [0.2, 0.25) is 0 Å². The number of rotatable bonds is 4. The van der Waals surface area contributed by atoms with Crippen molar-refractivity contribution in [3.05, 3.63) is 101 Å². The largest absolute Gasteiger partial charge is 0.417 e. The summed E-state index contributed by atoms with van der Waals surface area (Å²) in [6.45, 7) is 3.76. The van der Waals surface area contributed by atoms with Crippen molar-refractivity contribution in [1.82, 2.24) is 14.8 Å². The van der Waals surface area contributed by atoms with Gasteiger partial charge in [0.25, 0.3) is 0 Å². The van der Waals surface area contributed by atoms with Gasteiger partial charge in [-0.1, -0.05) is 67.6 Å². The number of hydrogen-bond donors (Lipinski definition) is 0. The van der Waals surface area contributed by atoms with Crippen molar-refractivity contribution in [3.63, 3.8) is 0 Å². The Morgan fingerprint density at radius 3 is 2.22 bits per heavy atom. The van der Waals surface area contributed by atoms with Crippen molar-refractivity contribution in [1.29, 1.82) is 5.26 Å². The fourth-order valence-corrected chi connectivity index (χ4v) is 4.50. The fourth-order valence-electron chi connectivity index (χ4n) is 4.50. The third-order valence-corrected chi connectivity index (χ3v) is 6.24. The van der Waals surface area contributed by atoms with Crippen LogP contribution < -0.4 is 0 Å². The molecule has 0 amide bonds. The number of para-hydroxylation sites is 1. The van der Waals surface area contributed by atoms with Crippen LogP contribution in [0, 0.1) is 18.3 Å². The normalized spacial score (nSPS) is 11.6. The van der Waals surface area contributed by atoms with Gasteiger partial charge in [-0.2, -0.15) is 23.5 Å². The molecule has 2 aromatic heterocycles. The van der Waals surface area contributed by atoms with Crippen molar-refractivity contribution in [2.24, 2.45) is 0 Å². The molecule has 7 heteroatoms. The van der Waals surface area contributed by atoms with Gasteiger partial charge in [0.05, 0.1) is 33.6 Å². The molecule has 0 aliphatic carbocycles. The standard InChI is InChI=1S/C29H21F3N4/c1-3-19-13-15-20(16-14-19)27-23(17-33)26(22-11-7-8-12-24(22)29(30,31)32)25-18(2)35-36(28(25)34-27)21-9-5-4-6-10-21/h4-16H,3H2,1-2H3. The van der Waals surface area contributed by atoms with E-state index in [1.165, 1.54) is 12.1 Å². The maximum absolute atomic E-state index is 14.1. The van der Waals surface area contributed by atoms with E-state index in [9.17, 15) is 18.4 Å². The van der Waals surface area contributed by atoms with Gasteiger partial charge in [0, 0.05) is 11.1 Å². The molecule has 0 unspecified atom stereocenters. The van der Waals surface area contributed by atoms with Gasteiger partial charge in [-0.05, 0) is 42.7 Å². The second-order valence-electron chi connectivity index (χ2n) is 8.45. The first-order valence-electron chi connectivity index (χ1n) is 11.5. The molecular formula is C29H21F3N4. The Kier molecular flexibility index (Phi) is 5.81. The average molecular weight is 483 g/mol. The highest BCUT2D eigenvalue weighted by atomic mass is 19.4. The van der Waals surface area contributed by atoms with Crippen LogP contribution in [-0.2, 0) is 12.6 Å². The first kappa shape index (κ1) is 23.3. The first-order valence-corrected chi connectivity index (χ1v) is 11.5. The molecule has 0 aliphatic heterocycles. The van der Waals surface area contributed by atoms with Crippen molar-refractivity contribution in [3.8, 4) is 34.1 Å². The highest BCUT2D eigenvalue weighted by Gasteiger charge is 2.35. The van der Waals surface area contributed by atoms with Gasteiger partial charge in [-0.3, -0.25) is 0 Å². The SMILES string of the molecule is CCc1ccc(-c2nc3c(c(C)nn3-c3ccccc3)c(-c3ccccc3C(F)(F)F)c2C#N)cc1. The lowest BCUT2D eigenvalue weighted by Gasteiger charge is -2.17. The molecule has 0 saturated heterocycles.